The smallest absolute Gasteiger partial charge is 0.412 e. The first-order chi connectivity index (χ1) is 15.6. The van der Waals surface area contributed by atoms with Crippen LogP contribution in [0.25, 0.3) is 0 Å². The lowest BCUT2D eigenvalue weighted by Crippen LogP contribution is -2.62. The fraction of sp³-hybridized carbons (Fsp3) is 0.240. The van der Waals surface area contributed by atoms with Gasteiger partial charge in [0, 0.05) is 22.4 Å². The molecule has 0 aromatic heterocycles. The van der Waals surface area contributed by atoms with E-state index in [-0.39, 0.29) is 6.54 Å². The van der Waals surface area contributed by atoms with Gasteiger partial charge in [0.2, 0.25) is 0 Å². The molecule has 1 saturated heterocycles. The summed E-state index contributed by atoms with van der Waals surface area (Å²) in [7, 11) is 0. The topological polar surface area (TPSA) is 108 Å². The number of hydrogen-bond donors (Lipinski definition) is 3. The van der Waals surface area contributed by atoms with Gasteiger partial charge in [0.05, 0.1) is 6.54 Å². The van der Waals surface area contributed by atoms with Crippen LogP contribution in [-0.4, -0.2) is 46.4 Å². The highest BCUT2D eigenvalue weighted by Gasteiger charge is 2.37. The fourth-order valence-electron chi connectivity index (χ4n) is 2.73. The summed E-state index contributed by atoms with van der Waals surface area (Å²) >= 11 is 0. The maximum absolute atomic E-state index is 12.1. The summed E-state index contributed by atoms with van der Waals surface area (Å²) in [4.78, 5) is 35.2. The van der Waals surface area contributed by atoms with Gasteiger partial charge >= 0.3 is 6.09 Å². The number of amides is 3. The maximum Gasteiger partial charge on any atom is 0.412 e. The van der Waals surface area contributed by atoms with Crippen LogP contribution in [0, 0.1) is 23.7 Å². The second-order valence-corrected chi connectivity index (χ2v) is 8.23. The van der Waals surface area contributed by atoms with E-state index in [0.717, 1.165) is 5.56 Å². The third-order valence-electron chi connectivity index (χ3n) is 4.37. The molecule has 0 radical (unpaired) electrons. The monoisotopic (exact) mass is 445 g/mol. The van der Waals surface area contributed by atoms with E-state index in [1.165, 1.54) is 0 Å². The normalized spacial score (nSPS) is 14.6. The van der Waals surface area contributed by atoms with E-state index in [2.05, 4.69) is 34.3 Å². The molecule has 168 valence electrons. The second-order valence-electron chi connectivity index (χ2n) is 8.23. The number of carbonyl (C=O) groups excluding carboxylic acids is 3. The van der Waals surface area contributed by atoms with Crippen LogP contribution in [0.5, 0.6) is 0 Å². The van der Waals surface area contributed by atoms with Crippen molar-refractivity contribution in [3.8, 4) is 23.7 Å². The van der Waals surface area contributed by atoms with Crippen LogP contribution in [-0.2, 0) is 9.53 Å². The number of hydrogen-bond acceptors (Lipinski definition) is 5. The summed E-state index contributed by atoms with van der Waals surface area (Å²) in [6.45, 7) is 5.46. The number of rotatable bonds is 3. The lowest BCUT2D eigenvalue weighted by molar-refractivity contribution is -0.189. The van der Waals surface area contributed by atoms with Crippen molar-refractivity contribution in [1.82, 2.24) is 10.4 Å². The molecule has 8 heteroatoms. The minimum atomic E-state index is -0.695. The van der Waals surface area contributed by atoms with E-state index >= 15 is 0 Å². The number of benzene rings is 2. The summed E-state index contributed by atoms with van der Waals surface area (Å²) < 4.78 is 5.20. The molecule has 0 aliphatic carbocycles. The minimum absolute atomic E-state index is 0.0791. The highest BCUT2D eigenvalue weighted by molar-refractivity contribution is 5.99. The van der Waals surface area contributed by atoms with Gasteiger partial charge in [0.25, 0.3) is 11.8 Å². The molecule has 1 fully saturated rings. The lowest BCUT2D eigenvalue weighted by atomic mass is 10.1. The molecule has 0 unspecified atom stereocenters. The Morgan fingerprint density at radius 3 is 2.03 bits per heavy atom. The largest absolute Gasteiger partial charge is 0.444 e. The molecule has 0 bridgehead atoms. The molecule has 0 saturated carbocycles. The Labute approximate surface area is 191 Å². The molecule has 3 N–H and O–H groups in total. The number of hydroxylamine groups is 2. The average Bonchev–Trinajstić information content (AvgIpc) is 2.76. The summed E-state index contributed by atoms with van der Waals surface area (Å²) in [5, 5.41) is 14.8. The summed E-state index contributed by atoms with van der Waals surface area (Å²) in [6.07, 6.45) is -0.524. The van der Waals surface area contributed by atoms with Crippen molar-refractivity contribution in [2.24, 2.45) is 0 Å². The predicted octanol–water partition coefficient (Wildman–Crippen LogP) is 2.77. The molecular weight excluding hydrogens is 422 g/mol. The number of ether oxygens (including phenoxy) is 1. The lowest BCUT2D eigenvalue weighted by Gasteiger charge is -2.33. The van der Waals surface area contributed by atoms with Crippen molar-refractivity contribution in [2.45, 2.75) is 32.4 Å². The Bertz CT molecular complexity index is 1170. The first kappa shape index (κ1) is 23.4. The Kier molecular flexibility index (Phi) is 7.02. The first-order valence-corrected chi connectivity index (χ1v) is 10.1. The van der Waals surface area contributed by atoms with Gasteiger partial charge < -0.3 is 10.1 Å². The van der Waals surface area contributed by atoms with Crippen molar-refractivity contribution in [3.63, 3.8) is 0 Å². The quantitative estimate of drug-likeness (QED) is 0.383. The van der Waals surface area contributed by atoms with Gasteiger partial charge in [0.1, 0.15) is 11.6 Å². The number of β-lactam (4-membered cyclic amide) rings is 1. The van der Waals surface area contributed by atoms with Gasteiger partial charge in [0.15, 0.2) is 0 Å². The van der Waals surface area contributed by atoms with Gasteiger partial charge in [-0.15, -0.1) is 0 Å². The van der Waals surface area contributed by atoms with Crippen LogP contribution in [0.1, 0.15) is 42.3 Å². The number of carbonyl (C=O) groups is 3. The molecule has 2 aromatic rings. The fourth-order valence-corrected chi connectivity index (χ4v) is 2.73. The van der Waals surface area contributed by atoms with Crippen molar-refractivity contribution in [1.29, 1.82) is 0 Å². The zero-order chi connectivity index (χ0) is 24.0. The van der Waals surface area contributed by atoms with E-state index in [0.29, 0.717) is 21.9 Å². The Hall–Kier alpha value is -4.27. The van der Waals surface area contributed by atoms with Crippen LogP contribution < -0.4 is 10.6 Å². The summed E-state index contributed by atoms with van der Waals surface area (Å²) in [5.41, 5.74) is 1.83. The van der Waals surface area contributed by atoms with Gasteiger partial charge in [-0.25, -0.2) is 9.86 Å². The van der Waals surface area contributed by atoms with E-state index in [9.17, 15) is 14.4 Å². The van der Waals surface area contributed by atoms with Crippen molar-refractivity contribution in [3.05, 3.63) is 65.2 Å². The van der Waals surface area contributed by atoms with E-state index in [4.69, 9.17) is 9.94 Å². The molecule has 1 atom stereocenters. The molecule has 2 aromatic carbocycles. The minimum Gasteiger partial charge on any atom is -0.444 e. The molecule has 1 heterocycles. The highest BCUT2D eigenvalue weighted by Crippen LogP contribution is 2.13. The SMILES string of the molecule is CC(C)(C)OC(=O)Nc1ccc(C#CC#Cc2ccc(C(=O)N[C@H]3CN(O)C3=O)cc2)cc1. The second kappa shape index (κ2) is 9.90. The predicted molar refractivity (Wildman–Crippen MR) is 121 cm³/mol. The maximum atomic E-state index is 12.1. The number of nitrogens with one attached hydrogen (secondary N) is 2. The van der Waals surface area contributed by atoms with Crippen molar-refractivity contribution < 1.29 is 24.3 Å². The molecule has 0 spiro atoms. The molecule has 3 rings (SSSR count). The van der Waals surface area contributed by atoms with Crippen LogP contribution in [0.15, 0.2) is 48.5 Å². The summed E-state index contributed by atoms with van der Waals surface area (Å²) in [6, 6.07) is 12.8. The Morgan fingerprint density at radius 1 is 1.00 bits per heavy atom. The number of anilines is 1. The molecule has 1 aliphatic heterocycles. The van der Waals surface area contributed by atoms with Crippen LogP contribution >= 0.6 is 0 Å². The zero-order valence-electron chi connectivity index (χ0n) is 18.4. The van der Waals surface area contributed by atoms with Gasteiger partial charge in [-0.3, -0.25) is 20.1 Å². The average molecular weight is 445 g/mol. The van der Waals surface area contributed by atoms with Crippen LogP contribution in [0.3, 0.4) is 0 Å². The summed E-state index contributed by atoms with van der Waals surface area (Å²) in [5.74, 6) is 10.4. The van der Waals surface area contributed by atoms with Gasteiger partial charge in [-0.2, -0.15) is 0 Å². The van der Waals surface area contributed by atoms with Crippen LogP contribution in [0.2, 0.25) is 0 Å². The van der Waals surface area contributed by atoms with Gasteiger partial charge in [-0.05, 0) is 81.1 Å². The Morgan fingerprint density at radius 2 is 1.55 bits per heavy atom. The third-order valence-corrected chi connectivity index (χ3v) is 4.37. The third kappa shape index (κ3) is 6.86. The molecule has 1 aliphatic rings. The van der Waals surface area contributed by atoms with E-state index in [1.54, 1.807) is 69.3 Å². The standard InChI is InChI=1S/C25H23N3O5/c1-25(2,3)33-24(31)26-20-14-10-18(11-15-20)7-5-4-6-17-8-12-19(13-9-17)22(29)27-21-16-28(32)23(21)30/h8-15,21,32H,16H2,1-3H3,(H,26,31)(H,27,29)/t21-/m0/s1. The molecule has 33 heavy (non-hydrogen) atoms. The van der Waals surface area contributed by atoms with E-state index < -0.39 is 29.6 Å². The zero-order valence-corrected chi connectivity index (χ0v) is 18.4. The van der Waals surface area contributed by atoms with Crippen molar-refractivity contribution in [2.75, 3.05) is 11.9 Å². The first-order valence-electron chi connectivity index (χ1n) is 10.1. The molecular formula is C25H23N3O5. The Balaban J connectivity index is 1.52. The van der Waals surface area contributed by atoms with E-state index in [1.807, 2.05) is 0 Å². The molecule has 8 nitrogen and oxygen atoms in total. The van der Waals surface area contributed by atoms with Crippen molar-refractivity contribution >= 4 is 23.6 Å². The van der Waals surface area contributed by atoms with Crippen LogP contribution in [0.4, 0.5) is 10.5 Å². The molecule has 3 amide bonds. The van der Waals surface area contributed by atoms with Gasteiger partial charge in [-0.1, -0.05) is 11.8 Å². The number of nitrogens with zero attached hydrogens (tertiary/aromatic N) is 1. The highest BCUT2D eigenvalue weighted by atomic mass is 16.6.